The Hall–Kier alpha value is -2.33. The summed E-state index contributed by atoms with van der Waals surface area (Å²) in [5.74, 6) is 0.236. The Labute approximate surface area is 111 Å². The largest absolute Gasteiger partial charge is 0.281 e. The van der Waals surface area contributed by atoms with Gasteiger partial charge in [-0.05, 0) is 37.6 Å². The zero-order chi connectivity index (χ0) is 14.0. The molecule has 0 fully saturated rings. The average molecular weight is 276 g/mol. The van der Waals surface area contributed by atoms with E-state index in [2.05, 4.69) is 14.9 Å². The highest BCUT2D eigenvalue weighted by Crippen LogP contribution is 2.18. The van der Waals surface area contributed by atoms with Crippen LogP contribution in [0.4, 0.5) is 5.82 Å². The highest BCUT2D eigenvalue weighted by Gasteiger charge is 2.16. The summed E-state index contributed by atoms with van der Waals surface area (Å²) in [6, 6.07) is 7.93. The van der Waals surface area contributed by atoms with Gasteiger partial charge in [0.1, 0.15) is 0 Å². The van der Waals surface area contributed by atoms with E-state index in [-0.39, 0.29) is 10.7 Å². The van der Waals surface area contributed by atoms with Gasteiger partial charge in [0.05, 0.1) is 16.5 Å². The van der Waals surface area contributed by atoms with E-state index in [1.165, 1.54) is 18.2 Å². The van der Waals surface area contributed by atoms with Gasteiger partial charge in [-0.3, -0.25) is 9.82 Å². The predicted octanol–water partition coefficient (Wildman–Crippen LogP) is 1.70. The van der Waals surface area contributed by atoms with Crippen LogP contribution in [0.5, 0.6) is 0 Å². The molecule has 0 bridgehead atoms. The molecule has 2 rings (SSSR count). The zero-order valence-corrected chi connectivity index (χ0v) is 11.2. The van der Waals surface area contributed by atoms with Gasteiger partial charge in [-0.2, -0.15) is 10.4 Å². The van der Waals surface area contributed by atoms with Crippen molar-refractivity contribution in [3.05, 3.63) is 41.1 Å². The second-order valence-corrected chi connectivity index (χ2v) is 5.81. The molecule has 1 aromatic carbocycles. The standard InChI is InChI=1S/C12H12N4O2S/c1-8-5-11(4-3-10(8)7-13)19(17,18)16-12-6-9(2)14-15-12/h3-6H,1-2H3,(H2,14,15,16). The maximum Gasteiger partial charge on any atom is 0.263 e. The molecule has 0 atom stereocenters. The van der Waals surface area contributed by atoms with Crippen molar-refractivity contribution in [3.63, 3.8) is 0 Å². The highest BCUT2D eigenvalue weighted by atomic mass is 32.2. The number of nitrogens with zero attached hydrogens (tertiary/aromatic N) is 2. The molecule has 0 radical (unpaired) electrons. The van der Waals surface area contributed by atoms with Crippen molar-refractivity contribution in [3.8, 4) is 6.07 Å². The summed E-state index contributed by atoms with van der Waals surface area (Å²) < 4.78 is 26.6. The number of hydrogen-bond acceptors (Lipinski definition) is 4. The Morgan fingerprint density at radius 2 is 2.05 bits per heavy atom. The molecule has 6 nitrogen and oxygen atoms in total. The van der Waals surface area contributed by atoms with Gasteiger partial charge in [-0.15, -0.1) is 0 Å². The fourth-order valence-electron chi connectivity index (χ4n) is 1.60. The van der Waals surface area contributed by atoms with Crippen LogP contribution < -0.4 is 4.72 Å². The first-order valence-electron chi connectivity index (χ1n) is 5.48. The van der Waals surface area contributed by atoms with Crippen LogP contribution in [0.15, 0.2) is 29.2 Å². The molecular weight excluding hydrogens is 264 g/mol. The van der Waals surface area contributed by atoms with Gasteiger partial charge >= 0.3 is 0 Å². The molecule has 1 heterocycles. The van der Waals surface area contributed by atoms with Crippen LogP contribution in [0, 0.1) is 25.2 Å². The summed E-state index contributed by atoms with van der Waals surface area (Å²) in [4.78, 5) is 0.102. The third kappa shape index (κ3) is 2.74. The minimum absolute atomic E-state index is 0.102. The fourth-order valence-corrected chi connectivity index (χ4v) is 2.67. The molecule has 0 saturated heterocycles. The van der Waals surface area contributed by atoms with Gasteiger partial charge in [0.2, 0.25) is 0 Å². The van der Waals surface area contributed by atoms with Crippen LogP contribution in [0.3, 0.4) is 0 Å². The van der Waals surface area contributed by atoms with E-state index in [0.717, 1.165) is 5.69 Å². The van der Waals surface area contributed by atoms with Crippen molar-refractivity contribution in [2.24, 2.45) is 0 Å². The number of nitriles is 1. The number of H-pyrrole nitrogens is 1. The Bertz CT molecular complexity index is 756. The minimum atomic E-state index is -3.69. The van der Waals surface area contributed by atoms with Crippen molar-refractivity contribution < 1.29 is 8.42 Å². The maximum absolute atomic E-state index is 12.1. The molecule has 7 heteroatoms. The van der Waals surface area contributed by atoms with Crippen molar-refractivity contribution >= 4 is 15.8 Å². The molecule has 2 N–H and O–H groups in total. The summed E-state index contributed by atoms with van der Waals surface area (Å²) in [7, 11) is -3.69. The van der Waals surface area contributed by atoms with Crippen LogP contribution >= 0.6 is 0 Å². The topological polar surface area (TPSA) is 98.6 Å². The van der Waals surface area contributed by atoms with Gasteiger partial charge in [-0.1, -0.05) is 0 Å². The lowest BCUT2D eigenvalue weighted by atomic mass is 10.1. The van der Waals surface area contributed by atoms with Crippen LogP contribution in [-0.2, 0) is 10.0 Å². The van der Waals surface area contributed by atoms with Gasteiger partial charge in [0, 0.05) is 11.8 Å². The fraction of sp³-hybridized carbons (Fsp3) is 0.167. The van der Waals surface area contributed by atoms with Crippen molar-refractivity contribution in [2.45, 2.75) is 18.7 Å². The van der Waals surface area contributed by atoms with E-state index < -0.39 is 10.0 Å². The first kappa shape index (κ1) is 13.1. The maximum atomic E-state index is 12.1. The van der Waals surface area contributed by atoms with Gasteiger partial charge in [0.15, 0.2) is 5.82 Å². The molecular formula is C12H12N4O2S. The van der Waals surface area contributed by atoms with E-state index in [0.29, 0.717) is 11.1 Å². The van der Waals surface area contributed by atoms with Crippen LogP contribution in [0.2, 0.25) is 0 Å². The smallest absolute Gasteiger partial charge is 0.263 e. The second-order valence-electron chi connectivity index (χ2n) is 4.13. The normalized spacial score (nSPS) is 11.0. The number of aryl methyl sites for hydroxylation is 2. The quantitative estimate of drug-likeness (QED) is 0.891. The van der Waals surface area contributed by atoms with Crippen LogP contribution in [-0.4, -0.2) is 18.6 Å². The number of aromatic nitrogens is 2. The first-order chi connectivity index (χ1) is 8.92. The highest BCUT2D eigenvalue weighted by molar-refractivity contribution is 7.92. The van der Waals surface area contributed by atoms with Crippen LogP contribution in [0.1, 0.15) is 16.8 Å². The van der Waals surface area contributed by atoms with Gasteiger partial charge in [0.25, 0.3) is 10.0 Å². The molecule has 0 aliphatic carbocycles. The number of rotatable bonds is 3. The van der Waals surface area contributed by atoms with E-state index in [1.54, 1.807) is 19.9 Å². The lowest BCUT2D eigenvalue weighted by Crippen LogP contribution is -2.13. The molecule has 0 unspecified atom stereocenters. The number of nitrogens with one attached hydrogen (secondary N) is 2. The van der Waals surface area contributed by atoms with Crippen molar-refractivity contribution in [1.82, 2.24) is 10.2 Å². The van der Waals surface area contributed by atoms with E-state index in [1.807, 2.05) is 6.07 Å². The van der Waals surface area contributed by atoms with Gasteiger partial charge < -0.3 is 0 Å². The summed E-state index contributed by atoms with van der Waals surface area (Å²) in [5.41, 5.74) is 1.83. The SMILES string of the molecule is Cc1cc(NS(=O)(=O)c2ccc(C#N)c(C)c2)n[nH]1. The number of aromatic amines is 1. The van der Waals surface area contributed by atoms with Crippen molar-refractivity contribution in [1.29, 1.82) is 5.26 Å². The third-order valence-electron chi connectivity index (χ3n) is 2.57. The van der Waals surface area contributed by atoms with E-state index in [9.17, 15) is 8.42 Å². The minimum Gasteiger partial charge on any atom is -0.281 e. The molecule has 2 aromatic rings. The monoisotopic (exact) mass is 276 g/mol. The van der Waals surface area contributed by atoms with Gasteiger partial charge in [-0.25, -0.2) is 8.42 Å². The first-order valence-corrected chi connectivity index (χ1v) is 6.96. The number of sulfonamides is 1. The third-order valence-corrected chi connectivity index (χ3v) is 3.93. The molecule has 0 saturated carbocycles. The zero-order valence-electron chi connectivity index (χ0n) is 10.4. The summed E-state index contributed by atoms with van der Waals surface area (Å²) in [6.45, 7) is 3.47. The molecule has 98 valence electrons. The molecule has 0 aliphatic heterocycles. The molecule has 0 aliphatic rings. The Morgan fingerprint density at radius 1 is 1.32 bits per heavy atom. The summed E-state index contributed by atoms with van der Waals surface area (Å²) >= 11 is 0. The lowest BCUT2D eigenvalue weighted by Gasteiger charge is -2.06. The van der Waals surface area contributed by atoms with E-state index in [4.69, 9.17) is 5.26 Å². The number of benzene rings is 1. The Morgan fingerprint density at radius 3 is 2.58 bits per heavy atom. The molecule has 1 aromatic heterocycles. The Balaban J connectivity index is 2.35. The lowest BCUT2D eigenvalue weighted by molar-refractivity contribution is 0.601. The summed E-state index contributed by atoms with van der Waals surface area (Å²) in [5, 5.41) is 15.3. The molecule has 19 heavy (non-hydrogen) atoms. The number of anilines is 1. The Kier molecular flexibility index (Phi) is 3.27. The molecule has 0 spiro atoms. The average Bonchev–Trinajstić information content (AvgIpc) is 2.73. The number of hydrogen-bond donors (Lipinski definition) is 2. The molecule has 0 amide bonds. The predicted molar refractivity (Wildman–Crippen MR) is 70.0 cm³/mol. The van der Waals surface area contributed by atoms with Crippen LogP contribution in [0.25, 0.3) is 0 Å². The van der Waals surface area contributed by atoms with E-state index >= 15 is 0 Å². The van der Waals surface area contributed by atoms with Crippen molar-refractivity contribution in [2.75, 3.05) is 4.72 Å². The second kappa shape index (κ2) is 4.74. The summed E-state index contributed by atoms with van der Waals surface area (Å²) in [6.07, 6.45) is 0.